The molecule has 2 heteroatoms. The van der Waals surface area contributed by atoms with Gasteiger partial charge in [-0.1, -0.05) is 46.7 Å². The molecule has 1 aromatic rings. The van der Waals surface area contributed by atoms with Crippen LogP contribution in [0.2, 0.25) is 0 Å². The average Bonchev–Trinajstić information content (AvgIpc) is 2.55. The summed E-state index contributed by atoms with van der Waals surface area (Å²) in [5.74, 6) is 0.977. The van der Waals surface area contributed by atoms with Gasteiger partial charge >= 0.3 is 0 Å². The van der Waals surface area contributed by atoms with Gasteiger partial charge in [-0.05, 0) is 11.8 Å². The molecule has 0 radical (unpaired) electrons. The third kappa shape index (κ3) is 3.21. The van der Waals surface area contributed by atoms with Crippen LogP contribution in [0.15, 0.2) is 10.8 Å². The number of hydrogen-bond donors (Lipinski definition) is 0. The molecule has 0 fully saturated rings. The van der Waals surface area contributed by atoms with E-state index >= 15 is 0 Å². The number of rotatable bonds is 2. The van der Waals surface area contributed by atoms with Crippen molar-refractivity contribution in [3.05, 3.63) is 17.5 Å². The summed E-state index contributed by atoms with van der Waals surface area (Å²) in [6.07, 6.45) is 1.75. The van der Waals surface area contributed by atoms with Crippen molar-refractivity contribution >= 4 is 0 Å². The van der Waals surface area contributed by atoms with Crippen LogP contribution >= 0.6 is 0 Å². The minimum atomic E-state index is 0.464. The summed E-state index contributed by atoms with van der Waals surface area (Å²) in [5, 5.41) is 3.96. The summed E-state index contributed by atoms with van der Waals surface area (Å²) in [6.45, 7) is 12.6. The van der Waals surface area contributed by atoms with Crippen molar-refractivity contribution in [2.75, 3.05) is 0 Å². The Bertz CT molecular complexity index is 203. The van der Waals surface area contributed by atoms with Gasteiger partial charge in [-0.3, -0.25) is 0 Å². The van der Waals surface area contributed by atoms with E-state index in [1.165, 1.54) is 5.56 Å². The van der Waals surface area contributed by atoms with E-state index in [1.54, 1.807) is 6.26 Å². The fourth-order valence-corrected chi connectivity index (χ4v) is 1.12. The fourth-order valence-electron chi connectivity index (χ4n) is 1.12. The zero-order valence-electron chi connectivity index (χ0n) is 9.59. The Morgan fingerprint density at radius 1 is 1.08 bits per heavy atom. The maximum absolute atomic E-state index is 4.92. The molecule has 13 heavy (non-hydrogen) atoms. The van der Waals surface area contributed by atoms with Crippen molar-refractivity contribution in [3.63, 3.8) is 0 Å². The maximum atomic E-state index is 4.92. The average molecular weight is 183 g/mol. The molecule has 0 bridgehead atoms. The molecule has 0 aliphatic heterocycles. The van der Waals surface area contributed by atoms with Crippen molar-refractivity contribution in [1.29, 1.82) is 0 Å². The smallest absolute Gasteiger partial charge is 0.127 e. The lowest BCUT2D eigenvalue weighted by Gasteiger charge is -2.05. The number of nitrogens with zero attached hydrogens (tertiary/aromatic N) is 1. The normalized spacial score (nSPS) is 10.2. The van der Waals surface area contributed by atoms with E-state index in [9.17, 15) is 0 Å². The molecule has 0 N–H and O–H groups in total. The second-order valence-corrected chi connectivity index (χ2v) is 3.46. The monoisotopic (exact) mass is 183 g/mol. The van der Waals surface area contributed by atoms with E-state index in [-0.39, 0.29) is 0 Å². The lowest BCUT2D eigenvalue weighted by molar-refractivity contribution is 0.408. The van der Waals surface area contributed by atoms with Gasteiger partial charge in [-0.2, -0.15) is 0 Å². The minimum absolute atomic E-state index is 0.464. The first-order chi connectivity index (χ1) is 6.13. The highest BCUT2D eigenvalue weighted by molar-refractivity contribution is 5.21. The first-order valence-electron chi connectivity index (χ1n) is 5.07. The molecule has 1 rings (SSSR count). The molecule has 0 atom stereocenters. The molecule has 0 unspecified atom stereocenters. The van der Waals surface area contributed by atoms with Gasteiger partial charge in [0.1, 0.15) is 6.26 Å². The summed E-state index contributed by atoms with van der Waals surface area (Å²) in [5.41, 5.74) is 2.33. The summed E-state index contributed by atoms with van der Waals surface area (Å²) in [6, 6.07) is 0. The topological polar surface area (TPSA) is 26.0 Å². The Hall–Kier alpha value is -0.790. The molecule has 1 aromatic heterocycles. The highest BCUT2D eigenvalue weighted by Gasteiger charge is 2.13. The van der Waals surface area contributed by atoms with Crippen LogP contribution < -0.4 is 0 Å². The van der Waals surface area contributed by atoms with Gasteiger partial charge in [0, 0.05) is 5.56 Å². The SMILES string of the molecule is CC.CC(C)c1conc1C(C)C. The summed E-state index contributed by atoms with van der Waals surface area (Å²) < 4.78 is 4.92. The van der Waals surface area contributed by atoms with Gasteiger partial charge in [0.15, 0.2) is 0 Å². The van der Waals surface area contributed by atoms with E-state index in [1.807, 2.05) is 13.8 Å². The highest BCUT2D eigenvalue weighted by atomic mass is 16.5. The van der Waals surface area contributed by atoms with Gasteiger partial charge in [0.25, 0.3) is 0 Å². The summed E-state index contributed by atoms with van der Waals surface area (Å²) in [7, 11) is 0. The van der Waals surface area contributed by atoms with Crippen LogP contribution in [-0.4, -0.2) is 5.16 Å². The van der Waals surface area contributed by atoms with E-state index in [4.69, 9.17) is 4.52 Å². The van der Waals surface area contributed by atoms with Gasteiger partial charge < -0.3 is 4.52 Å². The Morgan fingerprint density at radius 3 is 1.92 bits per heavy atom. The number of hydrogen-bond acceptors (Lipinski definition) is 2. The molecule has 0 amide bonds. The van der Waals surface area contributed by atoms with E-state index in [2.05, 4.69) is 32.9 Å². The van der Waals surface area contributed by atoms with Gasteiger partial charge in [0.05, 0.1) is 5.69 Å². The van der Waals surface area contributed by atoms with E-state index in [0.717, 1.165) is 5.69 Å². The minimum Gasteiger partial charge on any atom is -0.364 e. The van der Waals surface area contributed by atoms with Gasteiger partial charge in [0.2, 0.25) is 0 Å². The van der Waals surface area contributed by atoms with Gasteiger partial charge in [-0.25, -0.2) is 0 Å². The molecule has 0 saturated heterocycles. The van der Waals surface area contributed by atoms with Crippen LogP contribution in [-0.2, 0) is 0 Å². The zero-order valence-corrected chi connectivity index (χ0v) is 9.59. The van der Waals surface area contributed by atoms with Crippen molar-refractivity contribution in [3.8, 4) is 0 Å². The predicted octanol–water partition coefficient (Wildman–Crippen LogP) is 3.95. The summed E-state index contributed by atoms with van der Waals surface area (Å²) >= 11 is 0. The Labute approximate surface area is 81.3 Å². The van der Waals surface area contributed by atoms with Crippen molar-refractivity contribution in [2.24, 2.45) is 0 Å². The van der Waals surface area contributed by atoms with Crippen LogP contribution in [0.5, 0.6) is 0 Å². The van der Waals surface area contributed by atoms with Crippen molar-refractivity contribution in [1.82, 2.24) is 5.16 Å². The molecule has 0 aliphatic rings. The quantitative estimate of drug-likeness (QED) is 0.694. The summed E-state index contributed by atoms with van der Waals surface area (Å²) in [4.78, 5) is 0. The molecule has 76 valence electrons. The molecular weight excluding hydrogens is 162 g/mol. The second-order valence-electron chi connectivity index (χ2n) is 3.46. The first kappa shape index (κ1) is 12.2. The van der Waals surface area contributed by atoms with Crippen molar-refractivity contribution in [2.45, 2.75) is 53.4 Å². The zero-order chi connectivity index (χ0) is 10.4. The third-order valence-electron chi connectivity index (χ3n) is 1.80. The molecule has 0 spiro atoms. The van der Waals surface area contributed by atoms with Crippen LogP contribution in [0.1, 0.15) is 64.6 Å². The second kappa shape index (κ2) is 5.79. The van der Waals surface area contributed by atoms with Gasteiger partial charge in [-0.15, -0.1) is 0 Å². The third-order valence-corrected chi connectivity index (χ3v) is 1.80. The molecule has 0 aromatic carbocycles. The van der Waals surface area contributed by atoms with Crippen LogP contribution in [0, 0.1) is 0 Å². The van der Waals surface area contributed by atoms with Crippen LogP contribution in [0.25, 0.3) is 0 Å². The maximum Gasteiger partial charge on any atom is 0.127 e. The Kier molecular flexibility index (Phi) is 5.44. The molecule has 2 nitrogen and oxygen atoms in total. The lowest BCUT2D eigenvalue weighted by Crippen LogP contribution is -1.95. The first-order valence-corrected chi connectivity index (χ1v) is 5.07. The Morgan fingerprint density at radius 2 is 1.62 bits per heavy atom. The van der Waals surface area contributed by atoms with E-state index in [0.29, 0.717) is 11.8 Å². The van der Waals surface area contributed by atoms with Crippen LogP contribution in [0.3, 0.4) is 0 Å². The Balaban J connectivity index is 0.000000671. The van der Waals surface area contributed by atoms with Crippen molar-refractivity contribution < 1.29 is 4.52 Å². The largest absolute Gasteiger partial charge is 0.364 e. The lowest BCUT2D eigenvalue weighted by atomic mass is 9.98. The molecule has 0 aliphatic carbocycles. The molecular formula is C11H21NO. The van der Waals surface area contributed by atoms with Crippen LogP contribution in [0.4, 0.5) is 0 Å². The standard InChI is InChI=1S/C9H15NO.C2H6/c1-6(2)8-5-11-10-9(8)7(3)4;1-2/h5-7H,1-4H3;1-2H3. The highest BCUT2D eigenvalue weighted by Crippen LogP contribution is 2.23. The fraction of sp³-hybridized carbons (Fsp3) is 0.727. The predicted molar refractivity (Wildman–Crippen MR) is 56.0 cm³/mol. The van der Waals surface area contributed by atoms with E-state index < -0.39 is 0 Å². The molecule has 1 heterocycles. The number of aromatic nitrogens is 1. The molecule has 0 saturated carbocycles.